The van der Waals surface area contributed by atoms with E-state index in [2.05, 4.69) is 15.0 Å². The first-order chi connectivity index (χ1) is 10.2. The predicted molar refractivity (Wildman–Crippen MR) is 80.9 cm³/mol. The van der Waals surface area contributed by atoms with Crippen LogP contribution in [0.3, 0.4) is 0 Å². The maximum absolute atomic E-state index is 10.7. The molecule has 0 amide bonds. The van der Waals surface area contributed by atoms with Gasteiger partial charge in [0.25, 0.3) is 0 Å². The monoisotopic (exact) mass is 321 g/mol. The fraction of sp³-hybridized carbons (Fsp3) is 0.429. The lowest BCUT2D eigenvalue weighted by atomic mass is 10.1. The molecule has 3 rings (SSSR count). The molecule has 1 aliphatic carbocycles. The van der Waals surface area contributed by atoms with Crippen LogP contribution in [0.2, 0.25) is 0 Å². The van der Waals surface area contributed by atoms with Gasteiger partial charge in [-0.25, -0.2) is 15.0 Å². The molecule has 0 aliphatic heterocycles. The predicted octanol–water partition coefficient (Wildman–Crippen LogP) is 2.98. The van der Waals surface area contributed by atoms with Crippen molar-refractivity contribution < 1.29 is 9.90 Å². The number of hydrogen-bond donors (Lipinski definition) is 1. The Morgan fingerprint density at radius 1 is 1.29 bits per heavy atom. The van der Waals surface area contributed by atoms with E-state index in [1.165, 1.54) is 47.9 Å². The summed E-state index contributed by atoms with van der Waals surface area (Å²) in [5.74, 6) is -0.854. The van der Waals surface area contributed by atoms with Gasteiger partial charge in [-0.05, 0) is 37.4 Å². The molecule has 0 bridgehead atoms. The number of aliphatic carboxylic acids is 1. The van der Waals surface area contributed by atoms with Crippen molar-refractivity contribution in [2.75, 3.05) is 0 Å². The van der Waals surface area contributed by atoms with Crippen molar-refractivity contribution in [3.63, 3.8) is 0 Å². The highest BCUT2D eigenvalue weighted by molar-refractivity contribution is 8.01. The fourth-order valence-corrected chi connectivity index (χ4v) is 4.30. The number of carboxylic acids is 1. The Labute approximate surface area is 130 Å². The lowest BCUT2D eigenvalue weighted by Gasteiger charge is -2.08. The van der Waals surface area contributed by atoms with Crippen LogP contribution < -0.4 is 0 Å². The molecule has 0 atom stereocenters. The van der Waals surface area contributed by atoms with E-state index < -0.39 is 5.97 Å². The van der Waals surface area contributed by atoms with Crippen LogP contribution in [-0.2, 0) is 24.1 Å². The minimum Gasteiger partial charge on any atom is -0.481 e. The van der Waals surface area contributed by atoms with Crippen LogP contribution >= 0.6 is 23.1 Å². The molecule has 0 saturated carbocycles. The second-order valence-corrected chi connectivity index (χ2v) is 7.04. The van der Waals surface area contributed by atoms with Gasteiger partial charge in [0.05, 0.1) is 12.1 Å². The van der Waals surface area contributed by atoms with Crippen LogP contribution in [0, 0.1) is 0 Å². The van der Waals surface area contributed by atoms with Crippen molar-refractivity contribution >= 4 is 29.1 Å². The van der Waals surface area contributed by atoms with E-state index in [1.807, 2.05) is 0 Å². The molecule has 0 aromatic carbocycles. The number of hydrogen-bond acceptors (Lipinski definition) is 6. The summed E-state index contributed by atoms with van der Waals surface area (Å²) in [4.78, 5) is 23.9. The molecule has 1 aliphatic rings. The SMILES string of the molecule is O=C(O)Cc1csc(Sc2ncnc3c2CCCCC3)n1. The summed E-state index contributed by atoms with van der Waals surface area (Å²) in [5, 5.41) is 11.6. The first kappa shape index (κ1) is 14.5. The highest BCUT2D eigenvalue weighted by Gasteiger charge is 2.16. The Bertz CT molecular complexity index is 657. The number of carbonyl (C=O) groups is 1. The zero-order valence-electron chi connectivity index (χ0n) is 11.4. The van der Waals surface area contributed by atoms with Gasteiger partial charge >= 0.3 is 5.97 Å². The smallest absolute Gasteiger partial charge is 0.309 e. The Morgan fingerprint density at radius 3 is 3.00 bits per heavy atom. The van der Waals surface area contributed by atoms with Crippen LogP contribution in [0.1, 0.15) is 36.2 Å². The highest BCUT2D eigenvalue weighted by Crippen LogP contribution is 2.34. The van der Waals surface area contributed by atoms with Crippen LogP contribution in [0.4, 0.5) is 0 Å². The molecule has 2 aromatic rings. The minimum atomic E-state index is -0.854. The van der Waals surface area contributed by atoms with Crippen molar-refractivity contribution in [2.45, 2.75) is 47.9 Å². The third-order valence-corrected chi connectivity index (χ3v) is 5.42. The van der Waals surface area contributed by atoms with Gasteiger partial charge in [0.1, 0.15) is 11.4 Å². The molecule has 1 N–H and O–H groups in total. The molecular formula is C14H15N3O2S2. The summed E-state index contributed by atoms with van der Waals surface area (Å²) in [6.07, 6.45) is 7.24. The van der Waals surface area contributed by atoms with E-state index in [1.54, 1.807) is 11.7 Å². The van der Waals surface area contributed by atoms with E-state index in [4.69, 9.17) is 5.11 Å². The number of thiazole rings is 1. The molecule has 0 unspecified atom stereocenters. The number of nitrogens with zero attached hydrogens (tertiary/aromatic N) is 3. The average molecular weight is 321 g/mol. The van der Waals surface area contributed by atoms with Gasteiger partial charge in [0.15, 0.2) is 4.34 Å². The molecule has 0 saturated heterocycles. The first-order valence-electron chi connectivity index (χ1n) is 6.89. The van der Waals surface area contributed by atoms with E-state index in [9.17, 15) is 4.79 Å². The Hall–Kier alpha value is -1.47. The molecule has 0 radical (unpaired) electrons. The summed E-state index contributed by atoms with van der Waals surface area (Å²) in [7, 11) is 0. The molecular weight excluding hydrogens is 306 g/mol. The first-order valence-corrected chi connectivity index (χ1v) is 8.59. The summed E-state index contributed by atoms with van der Waals surface area (Å²) in [5.41, 5.74) is 3.01. The molecule has 7 heteroatoms. The number of aromatic nitrogens is 3. The van der Waals surface area contributed by atoms with Gasteiger partial charge in [-0.1, -0.05) is 6.42 Å². The quantitative estimate of drug-likeness (QED) is 0.689. The highest BCUT2D eigenvalue weighted by atomic mass is 32.2. The number of carboxylic acid groups (broad SMARTS) is 1. The Kier molecular flexibility index (Phi) is 4.50. The molecule has 0 fully saturated rings. The van der Waals surface area contributed by atoms with E-state index in [0.29, 0.717) is 5.69 Å². The van der Waals surface area contributed by atoms with Crippen molar-refractivity contribution in [1.82, 2.24) is 15.0 Å². The van der Waals surface area contributed by atoms with E-state index in [-0.39, 0.29) is 6.42 Å². The van der Waals surface area contributed by atoms with Crippen molar-refractivity contribution in [3.05, 3.63) is 28.7 Å². The van der Waals surface area contributed by atoms with Gasteiger partial charge in [0.2, 0.25) is 0 Å². The minimum absolute atomic E-state index is 0.0288. The van der Waals surface area contributed by atoms with Gasteiger partial charge in [-0.3, -0.25) is 4.79 Å². The lowest BCUT2D eigenvalue weighted by Crippen LogP contribution is -2.01. The second-order valence-electron chi connectivity index (χ2n) is 4.94. The van der Waals surface area contributed by atoms with Crippen LogP contribution in [0.15, 0.2) is 21.1 Å². The number of rotatable bonds is 4. The van der Waals surface area contributed by atoms with Gasteiger partial charge in [-0.15, -0.1) is 11.3 Å². The summed E-state index contributed by atoms with van der Waals surface area (Å²) in [6.45, 7) is 0. The fourth-order valence-electron chi connectivity index (χ4n) is 2.41. The number of fused-ring (bicyclic) bond motifs is 1. The summed E-state index contributed by atoms with van der Waals surface area (Å²) < 4.78 is 0.844. The van der Waals surface area contributed by atoms with Gasteiger partial charge in [0, 0.05) is 16.6 Å². The maximum Gasteiger partial charge on any atom is 0.309 e. The van der Waals surface area contributed by atoms with Gasteiger partial charge in [-0.2, -0.15) is 0 Å². The molecule has 0 spiro atoms. The van der Waals surface area contributed by atoms with Crippen LogP contribution in [0.25, 0.3) is 0 Å². The molecule has 21 heavy (non-hydrogen) atoms. The third-order valence-electron chi connectivity index (χ3n) is 3.38. The second kappa shape index (κ2) is 6.53. The lowest BCUT2D eigenvalue weighted by molar-refractivity contribution is -0.136. The third kappa shape index (κ3) is 3.59. The average Bonchev–Trinajstić information content (AvgIpc) is 2.73. The standard InChI is InChI=1S/C14H15N3O2S2/c18-12(19)6-9-7-20-14(17-9)21-13-10-4-2-1-3-5-11(10)15-8-16-13/h7-8H,1-6H2,(H,18,19). The van der Waals surface area contributed by atoms with Crippen molar-refractivity contribution in [3.8, 4) is 0 Å². The Balaban J connectivity index is 1.81. The molecule has 5 nitrogen and oxygen atoms in total. The zero-order chi connectivity index (χ0) is 14.7. The number of aryl methyl sites for hydroxylation is 1. The van der Waals surface area contributed by atoms with Crippen LogP contribution in [-0.4, -0.2) is 26.0 Å². The zero-order valence-corrected chi connectivity index (χ0v) is 13.0. The topological polar surface area (TPSA) is 76.0 Å². The van der Waals surface area contributed by atoms with E-state index >= 15 is 0 Å². The van der Waals surface area contributed by atoms with Gasteiger partial charge < -0.3 is 5.11 Å². The van der Waals surface area contributed by atoms with Crippen molar-refractivity contribution in [1.29, 1.82) is 0 Å². The largest absolute Gasteiger partial charge is 0.481 e. The van der Waals surface area contributed by atoms with Crippen LogP contribution in [0.5, 0.6) is 0 Å². The molecule has 2 heterocycles. The molecule has 2 aromatic heterocycles. The molecule has 110 valence electrons. The summed E-state index contributed by atoms with van der Waals surface area (Å²) >= 11 is 2.99. The van der Waals surface area contributed by atoms with Crippen molar-refractivity contribution in [2.24, 2.45) is 0 Å². The normalized spacial score (nSPS) is 14.5. The Morgan fingerprint density at radius 2 is 2.14 bits per heavy atom. The van der Waals surface area contributed by atoms with E-state index in [0.717, 1.165) is 27.9 Å². The maximum atomic E-state index is 10.7. The summed E-state index contributed by atoms with van der Waals surface area (Å²) in [6, 6.07) is 0.